The number of hydrogen-bond acceptors (Lipinski definition) is 7. The quantitative estimate of drug-likeness (QED) is 0.349. The van der Waals surface area contributed by atoms with Crippen LogP contribution in [-0.2, 0) is 19.6 Å². The second kappa shape index (κ2) is 13.9. The van der Waals surface area contributed by atoms with Crippen LogP contribution in [0.25, 0.3) is 0 Å². The van der Waals surface area contributed by atoms with Gasteiger partial charge in [-0.15, -0.1) is 0 Å². The van der Waals surface area contributed by atoms with Gasteiger partial charge >= 0.3 is 0 Å². The Morgan fingerprint density at radius 2 is 1.00 bits per heavy atom. The fourth-order valence-electron chi connectivity index (χ4n) is 3.38. The van der Waals surface area contributed by atoms with Crippen LogP contribution in [0.4, 0.5) is 0 Å². The van der Waals surface area contributed by atoms with E-state index in [1.807, 2.05) is 26.0 Å². The number of aromatic hydroxyl groups is 1. The lowest BCUT2D eigenvalue weighted by atomic mass is 10.0. The van der Waals surface area contributed by atoms with Crippen LogP contribution in [0, 0.1) is 0 Å². The second-order valence-electron chi connectivity index (χ2n) is 7.04. The van der Waals surface area contributed by atoms with Gasteiger partial charge in [0, 0.05) is 50.4 Å². The van der Waals surface area contributed by atoms with Crippen molar-refractivity contribution >= 4 is 0 Å². The number of hydrogen-bond donors (Lipinski definition) is 4. The Labute approximate surface area is 169 Å². The largest absolute Gasteiger partial charge is 0.507 e. The molecule has 7 nitrogen and oxygen atoms in total. The Morgan fingerprint density at radius 1 is 0.643 bits per heavy atom. The van der Waals surface area contributed by atoms with E-state index in [-0.39, 0.29) is 19.8 Å². The summed E-state index contributed by atoms with van der Waals surface area (Å²) in [6.07, 6.45) is 0. The molecule has 1 rings (SSSR count). The topological polar surface area (TPSA) is 90.6 Å². The first kappa shape index (κ1) is 24.8. The van der Waals surface area contributed by atoms with E-state index in [0.29, 0.717) is 45.0 Å². The number of phenols is 1. The maximum atomic E-state index is 10.9. The molecule has 0 aromatic heterocycles. The van der Waals surface area contributed by atoms with E-state index in [2.05, 4.69) is 21.6 Å². The molecule has 0 radical (unpaired) electrons. The molecule has 0 aliphatic carbocycles. The Kier molecular flexibility index (Phi) is 12.3. The molecule has 1 aromatic rings. The van der Waals surface area contributed by atoms with Crippen molar-refractivity contribution in [3.8, 4) is 5.75 Å². The van der Waals surface area contributed by atoms with Crippen molar-refractivity contribution < 1.29 is 20.4 Å². The molecule has 4 N–H and O–H groups in total. The Bertz CT molecular complexity index is 519. The van der Waals surface area contributed by atoms with E-state index in [1.54, 1.807) is 0 Å². The first-order valence-corrected chi connectivity index (χ1v) is 10.4. The molecule has 0 heterocycles. The van der Waals surface area contributed by atoms with E-state index in [0.717, 1.165) is 36.3 Å². The minimum Gasteiger partial charge on any atom is -0.507 e. The molecule has 162 valence electrons. The fourth-order valence-corrected chi connectivity index (χ4v) is 3.38. The Hall–Kier alpha value is -1.22. The average molecular weight is 398 g/mol. The van der Waals surface area contributed by atoms with Gasteiger partial charge < -0.3 is 20.4 Å². The van der Waals surface area contributed by atoms with Gasteiger partial charge in [-0.05, 0) is 37.3 Å². The molecule has 1 aromatic carbocycles. The standard InChI is InChI=1S/C21H39N3O4/c1-4-22(7-10-25)15-18-13-19(16-23(5-2)8-11-26)21(28)20(14-18)17-24(6-3)9-12-27/h13-14,25-28H,4-12,15-17H2,1-3H3. The van der Waals surface area contributed by atoms with Crippen molar-refractivity contribution in [2.24, 2.45) is 0 Å². The van der Waals surface area contributed by atoms with Crippen molar-refractivity contribution in [2.75, 3.05) is 59.1 Å². The first-order valence-electron chi connectivity index (χ1n) is 10.4. The summed E-state index contributed by atoms with van der Waals surface area (Å²) in [5.41, 5.74) is 2.80. The minimum absolute atomic E-state index is 0.0847. The van der Waals surface area contributed by atoms with E-state index >= 15 is 0 Å². The molecule has 0 unspecified atom stereocenters. The summed E-state index contributed by atoms with van der Waals surface area (Å²) in [6.45, 7) is 12.4. The normalized spacial score (nSPS) is 11.9. The predicted molar refractivity (Wildman–Crippen MR) is 112 cm³/mol. The number of nitrogens with zero attached hydrogens (tertiary/aromatic N) is 3. The van der Waals surface area contributed by atoms with Crippen molar-refractivity contribution in [1.29, 1.82) is 0 Å². The van der Waals surface area contributed by atoms with E-state index in [9.17, 15) is 20.4 Å². The third-order valence-corrected chi connectivity index (χ3v) is 5.11. The Morgan fingerprint density at radius 3 is 1.32 bits per heavy atom. The smallest absolute Gasteiger partial charge is 0.124 e. The van der Waals surface area contributed by atoms with Crippen LogP contribution in [-0.4, -0.2) is 94.2 Å². The summed E-state index contributed by atoms with van der Waals surface area (Å²) in [5.74, 6) is 0.293. The van der Waals surface area contributed by atoms with Gasteiger partial charge in [0.1, 0.15) is 5.75 Å². The number of aliphatic hydroxyl groups is 3. The second-order valence-corrected chi connectivity index (χ2v) is 7.04. The highest BCUT2D eigenvalue weighted by Crippen LogP contribution is 2.28. The molecule has 0 aliphatic rings. The molecule has 28 heavy (non-hydrogen) atoms. The van der Waals surface area contributed by atoms with Gasteiger partial charge in [-0.3, -0.25) is 14.7 Å². The van der Waals surface area contributed by atoms with E-state index in [4.69, 9.17) is 0 Å². The molecule has 0 bridgehead atoms. The molecule has 0 saturated heterocycles. The highest BCUT2D eigenvalue weighted by Gasteiger charge is 2.16. The lowest BCUT2D eigenvalue weighted by molar-refractivity contribution is 0.190. The predicted octanol–water partition coefficient (Wildman–Crippen LogP) is 0.835. The molecule has 0 atom stereocenters. The van der Waals surface area contributed by atoms with E-state index < -0.39 is 0 Å². The summed E-state index contributed by atoms with van der Waals surface area (Å²) >= 11 is 0. The summed E-state index contributed by atoms with van der Waals surface area (Å²) in [4.78, 5) is 6.36. The van der Waals surface area contributed by atoms with Crippen LogP contribution in [0.15, 0.2) is 12.1 Å². The van der Waals surface area contributed by atoms with E-state index in [1.165, 1.54) is 0 Å². The first-order chi connectivity index (χ1) is 13.5. The third kappa shape index (κ3) is 8.03. The van der Waals surface area contributed by atoms with Crippen LogP contribution < -0.4 is 0 Å². The van der Waals surface area contributed by atoms with Crippen molar-refractivity contribution in [3.05, 3.63) is 28.8 Å². The average Bonchev–Trinajstić information content (AvgIpc) is 2.69. The molecule has 0 fully saturated rings. The maximum absolute atomic E-state index is 10.9. The van der Waals surface area contributed by atoms with Crippen LogP contribution in [0.3, 0.4) is 0 Å². The van der Waals surface area contributed by atoms with Crippen molar-refractivity contribution in [3.63, 3.8) is 0 Å². The maximum Gasteiger partial charge on any atom is 0.124 e. The summed E-state index contributed by atoms with van der Waals surface area (Å²) < 4.78 is 0. The summed E-state index contributed by atoms with van der Waals surface area (Å²) in [7, 11) is 0. The lowest BCUT2D eigenvalue weighted by Gasteiger charge is -2.25. The zero-order chi connectivity index (χ0) is 20.9. The summed E-state index contributed by atoms with van der Waals surface area (Å²) in [6, 6.07) is 4.06. The van der Waals surface area contributed by atoms with Crippen LogP contribution in [0.5, 0.6) is 5.75 Å². The number of phenolic OH excluding ortho intramolecular Hbond substituents is 1. The number of rotatable bonds is 15. The highest BCUT2D eigenvalue weighted by molar-refractivity contribution is 5.44. The van der Waals surface area contributed by atoms with Gasteiger partial charge in [0.25, 0.3) is 0 Å². The summed E-state index contributed by atoms with van der Waals surface area (Å²) in [5, 5.41) is 38.7. The molecule has 0 amide bonds. The van der Waals surface area contributed by atoms with Gasteiger partial charge in [0.05, 0.1) is 19.8 Å². The molecule has 0 saturated carbocycles. The molecular formula is C21H39N3O4. The minimum atomic E-state index is 0.0847. The van der Waals surface area contributed by atoms with Gasteiger partial charge in [0.2, 0.25) is 0 Å². The van der Waals surface area contributed by atoms with Gasteiger partial charge in [0.15, 0.2) is 0 Å². The molecule has 0 spiro atoms. The monoisotopic (exact) mass is 397 g/mol. The number of likely N-dealkylation sites (N-methyl/N-ethyl adjacent to an activating group) is 3. The third-order valence-electron chi connectivity index (χ3n) is 5.11. The van der Waals surface area contributed by atoms with Gasteiger partial charge in [-0.2, -0.15) is 0 Å². The van der Waals surface area contributed by atoms with Gasteiger partial charge in [-0.25, -0.2) is 0 Å². The van der Waals surface area contributed by atoms with Crippen molar-refractivity contribution in [2.45, 2.75) is 40.4 Å². The van der Waals surface area contributed by atoms with Gasteiger partial charge in [-0.1, -0.05) is 20.8 Å². The van der Waals surface area contributed by atoms with Crippen LogP contribution in [0.1, 0.15) is 37.5 Å². The SMILES string of the molecule is CCN(CCO)Cc1cc(CN(CC)CCO)c(O)c(CN(CC)CCO)c1. The number of benzene rings is 1. The zero-order valence-electron chi connectivity index (χ0n) is 17.8. The lowest BCUT2D eigenvalue weighted by Crippen LogP contribution is -2.28. The molecule has 7 heteroatoms. The van der Waals surface area contributed by atoms with Crippen LogP contribution >= 0.6 is 0 Å². The Balaban J connectivity index is 3.19. The van der Waals surface area contributed by atoms with Crippen molar-refractivity contribution in [1.82, 2.24) is 14.7 Å². The molecule has 0 aliphatic heterocycles. The highest BCUT2D eigenvalue weighted by atomic mass is 16.3. The molecular weight excluding hydrogens is 358 g/mol. The number of aliphatic hydroxyl groups excluding tert-OH is 3. The fraction of sp³-hybridized carbons (Fsp3) is 0.714. The van der Waals surface area contributed by atoms with Crippen LogP contribution in [0.2, 0.25) is 0 Å². The zero-order valence-corrected chi connectivity index (χ0v) is 17.8.